The molecule has 1 aliphatic rings. The number of nitrogens with zero attached hydrogens (tertiary/aromatic N) is 4. The van der Waals surface area contributed by atoms with Crippen LogP contribution in [0.4, 0.5) is 19.1 Å². The van der Waals surface area contributed by atoms with Gasteiger partial charge in [-0.3, -0.25) is 14.4 Å². The number of nitrogens with one attached hydrogen (secondary N) is 1. The summed E-state index contributed by atoms with van der Waals surface area (Å²) in [5.41, 5.74) is 0.747. The van der Waals surface area contributed by atoms with Crippen LogP contribution in [0.3, 0.4) is 0 Å². The lowest BCUT2D eigenvalue weighted by Gasteiger charge is -2.26. The zero-order valence-corrected chi connectivity index (χ0v) is 23.9. The number of carbonyl (C=O) groups excluding carboxylic acids is 2. The van der Waals surface area contributed by atoms with E-state index in [9.17, 15) is 31.2 Å². The van der Waals surface area contributed by atoms with Crippen LogP contribution in [0.2, 0.25) is 0 Å². The van der Waals surface area contributed by atoms with E-state index in [-0.39, 0.29) is 47.1 Å². The minimum absolute atomic E-state index is 0.00972. The smallest absolute Gasteiger partial charge is 0.348 e. The van der Waals surface area contributed by atoms with Gasteiger partial charge in [0.05, 0.1) is 28.9 Å². The summed E-state index contributed by atoms with van der Waals surface area (Å²) in [5.74, 6) is -0.949. The maximum absolute atomic E-state index is 13.1. The van der Waals surface area contributed by atoms with Gasteiger partial charge in [-0.1, -0.05) is 31.2 Å². The fourth-order valence-corrected chi connectivity index (χ4v) is 5.51. The van der Waals surface area contributed by atoms with E-state index in [2.05, 4.69) is 15.3 Å². The fraction of sp³-hybridized carbons (Fsp3) is 0.357. The third-order valence-corrected chi connectivity index (χ3v) is 8.90. The van der Waals surface area contributed by atoms with Gasteiger partial charge in [0, 0.05) is 38.4 Å². The zero-order chi connectivity index (χ0) is 30.7. The Morgan fingerprint density at radius 3 is 2.24 bits per heavy atom. The Balaban J connectivity index is 1.47. The molecule has 1 aliphatic heterocycles. The Morgan fingerprint density at radius 1 is 1.07 bits per heavy atom. The second kappa shape index (κ2) is 12.4. The summed E-state index contributed by atoms with van der Waals surface area (Å²) < 4.78 is 63.0. The van der Waals surface area contributed by atoms with Crippen LogP contribution in [-0.4, -0.2) is 67.8 Å². The molecule has 1 N–H and O–H groups in total. The van der Waals surface area contributed by atoms with Crippen LogP contribution in [0.1, 0.15) is 46.3 Å². The van der Waals surface area contributed by atoms with Gasteiger partial charge in [-0.2, -0.15) is 13.2 Å². The number of aromatic nitrogens is 2. The number of hydroxylamine groups is 2. The van der Waals surface area contributed by atoms with Gasteiger partial charge in [-0.05, 0) is 41.8 Å². The van der Waals surface area contributed by atoms with Gasteiger partial charge in [0.15, 0.2) is 9.84 Å². The number of amides is 2. The average Bonchev–Trinajstić information content (AvgIpc) is 3.44. The molecule has 2 heterocycles. The molecule has 14 heteroatoms. The van der Waals surface area contributed by atoms with E-state index in [0.29, 0.717) is 17.5 Å². The van der Waals surface area contributed by atoms with Crippen molar-refractivity contribution in [2.75, 3.05) is 31.4 Å². The minimum atomic E-state index is -4.45. The van der Waals surface area contributed by atoms with Gasteiger partial charge in [0.2, 0.25) is 5.95 Å². The van der Waals surface area contributed by atoms with Crippen LogP contribution >= 0.6 is 0 Å². The van der Waals surface area contributed by atoms with Gasteiger partial charge in [0.1, 0.15) is 6.04 Å². The van der Waals surface area contributed by atoms with E-state index in [1.165, 1.54) is 50.8 Å². The van der Waals surface area contributed by atoms with Crippen molar-refractivity contribution in [2.45, 2.75) is 42.9 Å². The normalized spacial score (nSPS) is 17.2. The number of rotatable bonds is 9. The number of benzene rings is 2. The standard InChI is InChI=1S/C28H30F3N5O5S/c1-4-42(39,40)23-11-5-18(6-12-23)14-32-25(37)21-15-33-27(34-16-21)36-17-20(13-24(36)26(38)35(2)41-3)19-7-9-22(10-8-19)28(29,30)31/h5-12,15-16,20,24H,4,13-14,17H2,1-3H3,(H,32,37)/t20?,24-/m0/s1. The Morgan fingerprint density at radius 2 is 1.69 bits per heavy atom. The van der Waals surface area contributed by atoms with Crippen LogP contribution in [0.5, 0.6) is 0 Å². The summed E-state index contributed by atoms with van der Waals surface area (Å²) in [5, 5.41) is 3.80. The lowest BCUT2D eigenvalue weighted by Crippen LogP contribution is -2.44. The molecule has 2 aromatic carbocycles. The predicted octanol–water partition coefficient (Wildman–Crippen LogP) is 3.60. The number of sulfone groups is 1. The summed E-state index contributed by atoms with van der Waals surface area (Å²) >= 11 is 0. The van der Waals surface area contributed by atoms with Crippen molar-refractivity contribution in [3.63, 3.8) is 0 Å². The Kier molecular flexibility index (Phi) is 9.16. The van der Waals surface area contributed by atoms with E-state index in [1.807, 2.05) is 0 Å². The van der Waals surface area contributed by atoms with Crippen LogP contribution in [0, 0.1) is 0 Å². The molecule has 1 unspecified atom stereocenters. The molecule has 3 aromatic rings. The molecule has 0 radical (unpaired) electrons. The molecule has 0 aliphatic carbocycles. The van der Waals surface area contributed by atoms with Gasteiger partial charge < -0.3 is 10.2 Å². The molecule has 1 aromatic heterocycles. The molecule has 2 amide bonds. The van der Waals surface area contributed by atoms with Gasteiger partial charge in [-0.25, -0.2) is 23.4 Å². The first kappa shape index (κ1) is 30.9. The van der Waals surface area contributed by atoms with E-state index in [1.54, 1.807) is 24.0 Å². The van der Waals surface area contributed by atoms with Crippen molar-refractivity contribution < 1.29 is 36.0 Å². The zero-order valence-electron chi connectivity index (χ0n) is 23.1. The lowest BCUT2D eigenvalue weighted by atomic mass is 9.95. The molecular weight excluding hydrogens is 575 g/mol. The van der Waals surface area contributed by atoms with E-state index >= 15 is 0 Å². The highest BCUT2D eigenvalue weighted by Gasteiger charge is 2.41. The number of hydrogen-bond acceptors (Lipinski definition) is 8. The predicted molar refractivity (Wildman–Crippen MR) is 147 cm³/mol. The number of alkyl halides is 3. The fourth-order valence-electron chi connectivity index (χ4n) is 4.63. The van der Waals surface area contributed by atoms with E-state index < -0.39 is 33.5 Å². The van der Waals surface area contributed by atoms with Gasteiger partial charge >= 0.3 is 6.18 Å². The quantitative estimate of drug-likeness (QED) is 0.368. The van der Waals surface area contributed by atoms with Crippen LogP contribution in [0.25, 0.3) is 0 Å². The van der Waals surface area contributed by atoms with Gasteiger partial charge in [0.25, 0.3) is 11.8 Å². The van der Waals surface area contributed by atoms with Crippen molar-refractivity contribution >= 4 is 27.6 Å². The highest BCUT2D eigenvalue weighted by molar-refractivity contribution is 7.91. The van der Waals surface area contributed by atoms with Crippen molar-refractivity contribution in [2.24, 2.45) is 0 Å². The summed E-state index contributed by atoms with van der Waals surface area (Å²) in [4.78, 5) is 41.3. The molecule has 2 atom stereocenters. The molecule has 4 rings (SSSR count). The summed E-state index contributed by atoms with van der Waals surface area (Å²) in [7, 11) is -0.524. The average molecular weight is 606 g/mol. The molecule has 10 nitrogen and oxygen atoms in total. The number of carbonyl (C=O) groups is 2. The first-order valence-corrected chi connectivity index (χ1v) is 14.7. The van der Waals surface area contributed by atoms with Crippen molar-refractivity contribution in [3.05, 3.63) is 83.2 Å². The maximum atomic E-state index is 13.1. The molecule has 0 saturated carbocycles. The Labute approximate surface area is 241 Å². The monoisotopic (exact) mass is 605 g/mol. The van der Waals surface area contributed by atoms with Crippen LogP contribution < -0.4 is 10.2 Å². The number of halogens is 3. The van der Waals surface area contributed by atoms with Crippen molar-refractivity contribution in [1.82, 2.24) is 20.3 Å². The molecule has 42 heavy (non-hydrogen) atoms. The van der Waals surface area contributed by atoms with Gasteiger partial charge in [-0.15, -0.1) is 0 Å². The summed E-state index contributed by atoms with van der Waals surface area (Å²) in [6.45, 7) is 1.97. The molecular formula is C28H30F3N5O5S. The highest BCUT2D eigenvalue weighted by Crippen LogP contribution is 2.36. The molecule has 0 bridgehead atoms. The van der Waals surface area contributed by atoms with Crippen molar-refractivity contribution in [1.29, 1.82) is 0 Å². The topological polar surface area (TPSA) is 122 Å². The van der Waals surface area contributed by atoms with E-state index in [0.717, 1.165) is 17.2 Å². The summed E-state index contributed by atoms with van der Waals surface area (Å²) in [6.07, 6.45) is -1.52. The first-order chi connectivity index (χ1) is 19.8. The number of hydrogen-bond donors (Lipinski definition) is 1. The second-order valence-electron chi connectivity index (χ2n) is 9.74. The first-order valence-electron chi connectivity index (χ1n) is 13.0. The second-order valence-corrected chi connectivity index (χ2v) is 12.0. The molecule has 0 spiro atoms. The summed E-state index contributed by atoms with van der Waals surface area (Å²) in [6, 6.07) is 10.3. The molecule has 1 saturated heterocycles. The number of anilines is 1. The molecule has 1 fully saturated rings. The SMILES string of the molecule is CCS(=O)(=O)c1ccc(CNC(=O)c2cnc(N3CC(c4ccc(C(F)(F)F)cc4)C[C@H]3C(=O)N(C)OC)nc2)cc1. The third-order valence-electron chi connectivity index (χ3n) is 7.15. The number of likely N-dealkylation sites (N-methyl/N-ethyl adjacent to an activating group) is 1. The Hall–Kier alpha value is -4.04. The highest BCUT2D eigenvalue weighted by atomic mass is 32.2. The van der Waals surface area contributed by atoms with E-state index in [4.69, 9.17) is 4.84 Å². The van der Waals surface area contributed by atoms with Crippen LogP contribution in [-0.2, 0) is 32.2 Å². The lowest BCUT2D eigenvalue weighted by molar-refractivity contribution is -0.170. The third kappa shape index (κ3) is 6.87. The maximum Gasteiger partial charge on any atom is 0.416 e. The minimum Gasteiger partial charge on any atom is -0.348 e. The van der Waals surface area contributed by atoms with Crippen LogP contribution in [0.15, 0.2) is 65.8 Å². The van der Waals surface area contributed by atoms with Crippen molar-refractivity contribution in [3.8, 4) is 0 Å². The Bertz CT molecular complexity index is 1520. The molecule has 224 valence electrons. The largest absolute Gasteiger partial charge is 0.416 e.